The van der Waals surface area contributed by atoms with E-state index in [4.69, 9.17) is 16.3 Å². The number of ether oxygens (including phenoxy) is 1. The molecule has 0 aliphatic heterocycles. The van der Waals surface area contributed by atoms with Crippen LogP contribution in [0.5, 0.6) is 5.75 Å². The molecule has 0 bridgehead atoms. The van der Waals surface area contributed by atoms with E-state index in [0.29, 0.717) is 16.3 Å². The van der Waals surface area contributed by atoms with E-state index in [1.807, 2.05) is 18.2 Å². The molecule has 2 rings (SSSR count). The Labute approximate surface area is 138 Å². The van der Waals surface area contributed by atoms with Gasteiger partial charge in [0.25, 0.3) is 11.8 Å². The summed E-state index contributed by atoms with van der Waals surface area (Å²) in [6, 6.07) is 13.6. The zero-order valence-corrected chi connectivity index (χ0v) is 13.1. The Hall–Kier alpha value is -2.79. The van der Waals surface area contributed by atoms with Crippen molar-refractivity contribution >= 4 is 29.5 Å². The van der Waals surface area contributed by atoms with Crippen molar-refractivity contribution in [3.63, 3.8) is 0 Å². The van der Waals surface area contributed by atoms with Gasteiger partial charge in [-0.15, -0.1) is 0 Å². The highest BCUT2D eigenvalue weighted by Gasteiger charge is 2.05. The van der Waals surface area contributed by atoms with Crippen LogP contribution in [0, 0.1) is 0 Å². The minimum Gasteiger partial charge on any atom is -0.496 e. The molecule has 0 fully saturated rings. The average Bonchev–Trinajstić information content (AvgIpc) is 2.58. The van der Waals surface area contributed by atoms with Crippen molar-refractivity contribution in [2.75, 3.05) is 7.11 Å². The molecule has 0 atom stereocenters. The summed E-state index contributed by atoms with van der Waals surface area (Å²) in [5, 5.41) is 0.533. The maximum absolute atomic E-state index is 11.8. The van der Waals surface area contributed by atoms with Crippen molar-refractivity contribution in [2.24, 2.45) is 0 Å². The number of benzene rings is 2. The van der Waals surface area contributed by atoms with Crippen molar-refractivity contribution in [3.8, 4) is 5.75 Å². The molecule has 0 saturated carbocycles. The number of para-hydroxylation sites is 1. The molecule has 0 saturated heterocycles. The van der Waals surface area contributed by atoms with Gasteiger partial charge in [-0.2, -0.15) is 0 Å². The van der Waals surface area contributed by atoms with Crippen molar-refractivity contribution in [1.82, 2.24) is 10.9 Å². The van der Waals surface area contributed by atoms with Crippen LogP contribution >= 0.6 is 11.6 Å². The first-order valence-electron chi connectivity index (χ1n) is 6.77. The van der Waals surface area contributed by atoms with Gasteiger partial charge in [-0.25, -0.2) is 0 Å². The van der Waals surface area contributed by atoms with Crippen LogP contribution in [-0.4, -0.2) is 18.9 Å². The van der Waals surface area contributed by atoms with Crippen molar-refractivity contribution in [3.05, 3.63) is 70.8 Å². The topological polar surface area (TPSA) is 67.4 Å². The number of amides is 2. The number of halogens is 1. The van der Waals surface area contributed by atoms with Gasteiger partial charge in [0.1, 0.15) is 5.75 Å². The highest BCUT2D eigenvalue weighted by molar-refractivity contribution is 6.30. The summed E-state index contributed by atoms with van der Waals surface area (Å²) >= 11 is 5.75. The first kappa shape index (κ1) is 16.6. The van der Waals surface area contributed by atoms with Gasteiger partial charge in [0, 0.05) is 22.2 Å². The Bertz CT molecular complexity index is 727. The second kappa shape index (κ2) is 8.00. The first-order valence-corrected chi connectivity index (χ1v) is 7.15. The van der Waals surface area contributed by atoms with Crippen LogP contribution in [0.3, 0.4) is 0 Å². The molecule has 5 nitrogen and oxygen atoms in total. The lowest BCUT2D eigenvalue weighted by Gasteiger charge is -2.06. The predicted molar refractivity (Wildman–Crippen MR) is 89.1 cm³/mol. The first-order chi connectivity index (χ1) is 11.1. The van der Waals surface area contributed by atoms with Crippen LogP contribution in [0.4, 0.5) is 0 Å². The van der Waals surface area contributed by atoms with Gasteiger partial charge in [0.05, 0.1) is 7.11 Å². The summed E-state index contributed by atoms with van der Waals surface area (Å²) in [5.74, 6) is -0.235. The van der Waals surface area contributed by atoms with Gasteiger partial charge in [-0.3, -0.25) is 20.4 Å². The maximum Gasteiger partial charge on any atom is 0.269 e. The van der Waals surface area contributed by atoms with Crippen LogP contribution in [-0.2, 0) is 4.79 Å². The molecule has 0 unspecified atom stereocenters. The van der Waals surface area contributed by atoms with Gasteiger partial charge in [0.2, 0.25) is 0 Å². The van der Waals surface area contributed by atoms with Gasteiger partial charge in [0.15, 0.2) is 0 Å². The van der Waals surface area contributed by atoms with E-state index in [2.05, 4.69) is 10.9 Å². The second-order valence-corrected chi connectivity index (χ2v) is 4.96. The normalized spacial score (nSPS) is 10.3. The van der Waals surface area contributed by atoms with E-state index in [1.54, 1.807) is 43.5 Å². The minimum atomic E-state index is -0.460. The van der Waals surface area contributed by atoms with Crippen LogP contribution in [0.15, 0.2) is 54.6 Å². The summed E-state index contributed by atoms with van der Waals surface area (Å²) in [5.41, 5.74) is 5.77. The predicted octanol–water partition coefficient (Wildman–Crippen LogP) is 2.82. The van der Waals surface area contributed by atoms with E-state index >= 15 is 0 Å². The number of nitrogens with one attached hydrogen (secondary N) is 2. The number of hydrogen-bond donors (Lipinski definition) is 2. The molecule has 2 aromatic rings. The Morgan fingerprint density at radius 2 is 1.74 bits per heavy atom. The van der Waals surface area contributed by atoms with Gasteiger partial charge >= 0.3 is 0 Å². The second-order valence-electron chi connectivity index (χ2n) is 4.53. The lowest BCUT2D eigenvalue weighted by molar-refractivity contribution is -0.117. The molecule has 23 heavy (non-hydrogen) atoms. The molecule has 2 N–H and O–H groups in total. The molecule has 0 aliphatic carbocycles. The SMILES string of the molecule is COc1ccccc1C=CC(=O)NNC(=O)c1ccc(Cl)cc1. The Kier molecular flexibility index (Phi) is 5.77. The summed E-state index contributed by atoms with van der Waals surface area (Å²) < 4.78 is 5.18. The largest absolute Gasteiger partial charge is 0.496 e. The standard InChI is InChI=1S/C17H15ClN2O3/c1-23-15-5-3-2-4-12(15)8-11-16(21)19-20-17(22)13-6-9-14(18)10-7-13/h2-11H,1H3,(H,19,21)(H,20,22). The van der Waals surface area contributed by atoms with Crippen molar-refractivity contribution in [2.45, 2.75) is 0 Å². The van der Waals surface area contributed by atoms with E-state index in [1.165, 1.54) is 6.08 Å². The number of carbonyl (C=O) groups is 2. The molecular weight excluding hydrogens is 316 g/mol. The zero-order chi connectivity index (χ0) is 16.7. The Morgan fingerprint density at radius 1 is 1.04 bits per heavy atom. The van der Waals surface area contributed by atoms with E-state index < -0.39 is 11.8 Å². The van der Waals surface area contributed by atoms with Gasteiger partial charge in [-0.1, -0.05) is 29.8 Å². The zero-order valence-electron chi connectivity index (χ0n) is 12.4. The van der Waals surface area contributed by atoms with Crippen LogP contribution in [0.2, 0.25) is 5.02 Å². The number of hydrazine groups is 1. The van der Waals surface area contributed by atoms with Gasteiger partial charge in [-0.05, 0) is 36.4 Å². The van der Waals surface area contributed by atoms with Crippen LogP contribution in [0.1, 0.15) is 15.9 Å². The number of methoxy groups -OCH3 is 1. The van der Waals surface area contributed by atoms with E-state index in [9.17, 15) is 9.59 Å². The summed E-state index contributed by atoms with van der Waals surface area (Å²) in [6.45, 7) is 0. The third-order valence-electron chi connectivity index (χ3n) is 2.96. The smallest absolute Gasteiger partial charge is 0.269 e. The molecule has 2 amide bonds. The lowest BCUT2D eigenvalue weighted by Crippen LogP contribution is -2.40. The molecule has 0 aromatic heterocycles. The molecule has 0 heterocycles. The van der Waals surface area contributed by atoms with E-state index in [-0.39, 0.29) is 0 Å². The summed E-state index contributed by atoms with van der Waals surface area (Å²) in [4.78, 5) is 23.6. The number of rotatable bonds is 4. The fraction of sp³-hybridized carbons (Fsp3) is 0.0588. The maximum atomic E-state index is 11.8. The van der Waals surface area contributed by atoms with Gasteiger partial charge < -0.3 is 4.74 Å². The fourth-order valence-electron chi connectivity index (χ4n) is 1.80. The molecule has 0 radical (unpaired) electrons. The average molecular weight is 331 g/mol. The lowest BCUT2D eigenvalue weighted by atomic mass is 10.2. The molecule has 6 heteroatoms. The van der Waals surface area contributed by atoms with E-state index in [0.717, 1.165) is 5.56 Å². The molecule has 0 spiro atoms. The Balaban J connectivity index is 1.91. The minimum absolute atomic E-state index is 0.392. The quantitative estimate of drug-likeness (QED) is 0.669. The monoisotopic (exact) mass is 330 g/mol. The third kappa shape index (κ3) is 4.86. The van der Waals surface area contributed by atoms with Crippen molar-refractivity contribution < 1.29 is 14.3 Å². The fourth-order valence-corrected chi connectivity index (χ4v) is 1.93. The number of hydrogen-bond acceptors (Lipinski definition) is 3. The third-order valence-corrected chi connectivity index (χ3v) is 3.21. The summed E-state index contributed by atoms with van der Waals surface area (Å²) in [6.07, 6.45) is 2.91. The Morgan fingerprint density at radius 3 is 2.43 bits per heavy atom. The highest BCUT2D eigenvalue weighted by atomic mass is 35.5. The molecular formula is C17H15ClN2O3. The summed E-state index contributed by atoms with van der Waals surface area (Å²) in [7, 11) is 1.55. The molecule has 2 aromatic carbocycles. The van der Waals surface area contributed by atoms with Crippen molar-refractivity contribution in [1.29, 1.82) is 0 Å². The van der Waals surface area contributed by atoms with Crippen LogP contribution in [0.25, 0.3) is 6.08 Å². The van der Waals surface area contributed by atoms with Crippen LogP contribution < -0.4 is 15.6 Å². The number of carbonyl (C=O) groups excluding carboxylic acids is 2. The molecule has 0 aliphatic rings. The molecule has 118 valence electrons. The highest BCUT2D eigenvalue weighted by Crippen LogP contribution is 2.18.